The van der Waals surface area contributed by atoms with E-state index in [1.54, 1.807) is 11.3 Å². The van der Waals surface area contributed by atoms with E-state index in [0.717, 1.165) is 0 Å². The van der Waals surface area contributed by atoms with Crippen molar-refractivity contribution in [3.05, 3.63) is 20.8 Å². The van der Waals surface area contributed by atoms with Gasteiger partial charge >= 0.3 is 0 Å². The Kier molecular flexibility index (Phi) is 4.52. The Hall–Kier alpha value is 0.450. The van der Waals surface area contributed by atoms with E-state index in [-0.39, 0.29) is 6.04 Å². The third-order valence-electron chi connectivity index (χ3n) is 2.74. The van der Waals surface area contributed by atoms with Crippen LogP contribution in [0.2, 0.25) is 0 Å². The van der Waals surface area contributed by atoms with E-state index in [4.69, 9.17) is 5.84 Å². The third kappa shape index (κ3) is 2.77. The van der Waals surface area contributed by atoms with Gasteiger partial charge in [0.05, 0.1) is 6.04 Å². The highest BCUT2D eigenvalue weighted by atomic mass is 79.9. The van der Waals surface area contributed by atoms with Crippen LogP contribution in [-0.2, 0) is 0 Å². The zero-order valence-corrected chi connectivity index (χ0v) is 11.6. The maximum atomic E-state index is 5.68. The summed E-state index contributed by atoms with van der Waals surface area (Å²) in [5.41, 5.74) is 4.28. The molecule has 5 heteroatoms. The molecule has 0 radical (unpaired) electrons. The van der Waals surface area contributed by atoms with Gasteiger partial charge in [-0.25, -0.2) is 0 Å². The molecular weight excluding hydrogens is 292 g/mol. The maximum Gasteiger partial charge on any atom is 0.0597 e. The molecule has 1 aliphatic heterocycles. The largest absolute Gasteiger partial charge is 0.271 e. The van der Waals surface area contributed by atoms with Crippen molar-refractivity contribution in [3.63, 3.8) is 0 Å². The van der Waals surface area contributed by atoms with Crippen LogP contribution < -0.4 is 11.3 Å². The molecule has 2 nitrogen and oxygen atoms in total. The quantitative estimate of drug-likeness (QED) is 0.665. The minimum Gasteiger partial charge on any atom is -0.271 e. The van der Waals surface area contributed by atoms with Crippen LogP contribution in [0.1, 0.15) is 30.9 Å². The van der Waals surface area contributed by atoms with E-state index in [1.165, 1.54) is 35.1 Å². The maximum absolute atomic E-state index is 5.68. The molecule has 2 atom stereocenters. The number of hydrazine groups is 1. The van der Waals surface area contributed by atoms with Crippen molar-refractivity contribution in [2.75, 3.05) is 5.75 Å². The van der Waals surface area contributed by atoms with E-state index < -0.39 is 0 Å². The normalized spacial score (nSPS) is 24.0. The Morgan fingerprint density at radius 2 is 2.33 bits per heavy atom. The van der Waals surface area contributed by atoms with Gasteiger partial charge in [-0.1, -0.05) is 6.42 Å². The van der Waals surface area contributed by atoms with Crippen LogP contribution in [-0.4, -0.2) is 11.0 Å². The van der Waals surface area contributed by atoms with Crippen molar-refractivity contribution in [3.8, 4) is 0 Å². The van der Waals surface area contributed by atoms with E-state index in [9.17, 15) is 0 Å². The van der Waals surface area contributed by atoms with Gasteiger partial charge in [0, 0.05) is 15.1 Å². The van der Waals surface area contributed by atoms with Crippen LogP contribution in [0, 0.1) is 0 Å². The van der Waals surface area contributed by atoms with Crippen molar-refractivity contribution < 1.29 is 0 Å². The van der Waals surface area contributed by atoms with Crippen LogP contribution in [0.25, 0.3) is 0 Å². The summed E-state index contributed by atoms with van der Waals surface area (Å²) in [4.78, 5) is 0. The first-order chi connectivity index (χ1) is 7.33. The summed E-state index contributed by atoms with van der Waals surface area (Å²) in [5, 5.41) is 4.92. The molecule has 2 rings (SSSR count). The molecule has 0 amide bonds. The summed E-state index contributed by atoms with van der Waals surface area (Å²) < 4.78 is 1.18. The SMILES string of the molecule is NNC(c1cscc1Br)C1CCCCS1. The van der Waals surface area contributed by atoms with Gasteiger partial charge in [0.1, 0.15) is 0 Å². The molecule has 2 unspecified atom stereocenters. The summed E-state index contributed by atoms with van der Waals surface area (Å²) in [6, 6.07) is 0.288. The number of thioether (sulfide) groups is 1. The average Bonchev–Trinajstić information content (AvgIpc) is 2.68. The number of nitrogens with two attached hydrogens (primary N) is 1. The summed E-state index contributed by atoms with van der Waals surface area (Å²) >= 11 is 7.35. The van der Waals surface area contributed by atoms with Gasteiger partial charge in [0.15, 0.2) is 0 Å². The average molecular weight is 307 g/mol. The van der Waals surface area contributed by atoms with Crippen molar-refractivity contribution in [2.45, 2.75) is 30.6 Å². The van der Waals surface area contributed by atoms with Gasteiger partial charge < -0.3 is 0 Å². The molecule has 0 saturated carbocycles. The second-order valence-corrected chi connectivity index (χ2v) is 6.67. The molecule has 84 valence electrons. The van der Waals surface area contributed by atoms with Crippen molar-refractivity contribution >= 4 is 39.0 Å². The molecule has 1 saturated heterocycles. The molecule has 0 spiro atoms. The molecule has 0 bridgehead atoms. The van der Waals surface area contributed by atoms with Crippen molar-refractivity contribution in [1.82, 2.24) is 5.43 Å². The van der Waals surface area contributed by atoms with Gasteiger partial charge in [0.25, 0.3) is 0 Å². The highest BCUT2D eigenvalue weighted by Gasteiger charge is 2.26. The standard InChI is InChI=1S/C10H15BrN2S2/c11-8-6-14-5-7(8)10(13-12)9-3-1-2-4-15-9/h5-6,9-10,13H,1-4,12H2. The van der Waals surface area contributed by atoms with Gasteiger partial charge in [-0.3, -0.25) is 11.3 Å². The Balaban J connectivity index is 2.12. The minimum absolute atomic E-state index is 0.288. The fraction of sp³-hybridized carbons (Fsp3) is 0.600. The first-order valence-electron chi connectivity index (χ1n) is 5.12. The van der Waals surface area contributed by atoms with Gasteiger partial charge in [0.2, 0.25) is 0 Å². The smallest absolute Gasteiger partial charge is 0.0597 e. The number of rotatable bonds is 3. The number of hydrogen-bond donors (Lipinski definition) is 2. The van der Waals surface area contributed by atoms with Gasteiger partial charge in [-0.2, -0.15) is 23.1 Å². The van der Waals surface area contributed by atoms with E-state index in [2.05, 4.69) is 32.1 Å². The number of halogens is 1. The van der Waals surface area contributed by atoms with Crippen LogP contribution in [0.4, 0.5) is 0 Å². The van der Waals surface area contributed by atoms with Crippen LogP contribution >= 0.6 is 39.0 Å². The number of nitrogens with one attached hydrogen (secondary N) is 1. The highest BCUT2D eigenvalue weighted by molar-refractivity contribution is 9.10. The second kappa shape index (κ2) is 5.68. The summed E-state index contributed by atoms with van der Waals surface area (Å²) in [6.07, 6.45) is 3.95. The lowest BCUT2D eigenvalue weighted by Crippen LogP contribution is -2.36. The summed E-state index contributed by atoms with van der Waals surface area (Å²) in [5.74, 6) is 6.95. The molecule has 1 aliphatic rings. The van der Waals surface area contributed by atoms with Gasteiger partial charge in [-0.15, -0.1) is 0 Å². The fourth-order valence-corrected chi connectivity index (χ4v) is 4.94. The predicted octanol–water partition coefficient (Wildman–Crippen LogP) is 3.30. The third-order valence-corrected chi connectivity index (χ3v) is 5.96. The van der Waals surface area contributed by atoms with Crippen molar-refractivity contribution in [2.24, 2.45) is 5.84 Å². The topological polar surface area (TPSA) is 38.0 Å². The minimum atomic E-state index is 0.288. The molecule has 15 heavy (non-hydrogen) atoms. The van der Waals surface area contributed by atoms with E-state index in [0.29, 0.717) is 5.25 Å². The molecular formula is C10H15BrN2S2. The van der Waals surface area contributed by atoms with Crippen LogP contribution in [0.15, 0.2) is 15.2 Å². The van der Waals surface area contributed by atoms with Crippen LogP contribution in [0.5, 0.6) is 0 Å². The Labute approximate surface area is 107 Å². The van der Waals surface area contributed by atoms with Gasteiger partial charge in [-0.05, 0) is 45.5 Å². The Bertz CT molecular complexity index is 310. The van der Waals surface area contributed by atoms with Crippen molar-refractivity contribution in [1.29, 1.82) is 0 Å². The second-order valence-electron chi connectivity index (χ2n) is 3.72. The zero-order chi connectivity index (χ0) is 10.7. The monoisotopic (exact) mass is 306 g/mol. The summed E-state index contributed by atoms with van der Waals surface area (Å²) in [6.45, 7) is 0. The first-order valence-corrected chi connectivity index (χ1v) is 7.90. The lowest BCUT2D eigenvalue weighted by Gasteiger charge is -2.29. The lowest BCUT2D eigenvalue weighted by molar-refractivity contribution is 0.491. The van der Waals surface area contributed by atoms with E-state index in [1.807, 2.05) is 11.8 Å². The van der Waals surface area contributed by atoms with Crippen LogP contribution in [0.3, 0.4) is 0 Å². The fourth-order valence-electron chi connectivity index (χ4n) is 1.94. The highest BCUT2D eigenvalue weighted by Crippen LogP contribution is 2.38. The van der Waals surface area contributed by atoms with E-state index >= 15 is 0 Å². The molecule has 1 fully saturated rings. The molecule has 0 aliphatic carbocycles. The molecule has 0 aromatic carbocycles. The first kappa shape index (κ1) is 11.9. The number of hydrogen-bond acceptors (Lipinski definition) is 4. The Morgan fingerprint density at radius 1 is 1.47 bits per heavy atom. The predicted molar refractivity (Wildman–Crippen MR) is 72.2 cm³/mol. The number of thiophene rings is 1. The Morgan fingerprint density at radius 3 is 2.87 bits per heavy atom. The molecule has 3 N–H and O–H groups in total. The lowest BCUT2D eigenvalue weighted by atomic mass is 10.0. The zero-order valence-electron chi connectivity index (χ0n) is 8.41. The molecule has 1 aromatic heterocycles. The summed E-state index contributed by atoms with van der Waals surface area (Å²) in [7, 11) is 0. The molecule has 1 aromatic rings. The molecule has 2 heterocycles.